The second-order valence-electron chi connectivity index (χ2n) is 3.81. The van der Waals surface area contributed by atoms with Crippen LogP contribution in [0.1, 0.15) is 0 Å². The molecule has 3 aromatic rings. The molecule has 102 valence electrons. The van der Waals surface area contributed by atoms with Crippen LogP contribution in [-0.2, 0) is 0 Å². The lowest BCUT2D eigenvalue weighted by molar-refractivity contribution is -0.385. The Bertz CT molecular complexity index is 718. The molecule has 0 aliphatic carbocycles. The Balaban J connectivity index is 0.000000160. The fraction of sp³-hybridized carbons (Fsp3) is 0. The molecule has 0 aromatic carbocycles. The van der Waals surface area contributed by atoms with Crippen LogP contribution in [0.5, 0.6) is 0 Å². The van der Waals surface area contributed by atoms with E-state index in [0.717, 1.165) is 0 Å². The van der Waals surface area contributed by atoms with Crippen molar-refractivity contribution in [2.75, 3.05) is 11.5 Å². The van der Waals surface area contributed by atoms with E-state index in [1.807, 2.05) is 0 Å². The van der Waals surface area contributed by atoms with E-state index in [-0.39, 0.29) is 5.69 Å². The second-order valence-corrected chi connectivity index (χ2v) is 3.81. The average molecular weight is 272 g/mol. The van der Waals surface area contributed by atoms with Crippen molar-refractivity contribution in [2.24, 2.45) is 0 Å². The Morgan fingerprint density at radius 3 is 2.55 bits per heavy atom. The van der Waals surface area contributed by atoms with Crippen molar-refractivity contribution in [1.29, 1.82) is 0 Å². The second kappa shape index (κ2) is 5.65. The van der Waals surface area contributed by atoms with Gasteiger partial charge in [-0.05, 0) is 18.2 Å². The SMILES string of the molecule is Nc1cccnc1N.O=[N+]([O-])c1ccc2nccn2c1. The number of pyridine rings is 2. The summed E-state index contributed by atoms with van der Waals surface area (Å²) in [6.07, 6.45) is 6.30. The molecule has 0 aliphatic heterocycles. The van der Waals surface area contributed by atoms with Crippen LogP contribution in [0, 0.1) is 10.1 Å². The van der Waals surface area contributed by atoms with Gasteiger partial charge in [0.1, 0.15) is 11.5 Å². The third-order valence-electron chi connectivity index (χ3n) is 2.46. The molecule has 0 saturated heterocycles. The first-order valence-electron chi connectivity index (χ1n) is 5.61. The lowest BCUT2D eigenvalue weighted by Crippen LogP contribution is -1.95. The van der Waals surface area contributed by atoms with Gasteiger partial charge in [0.25, 0.3) is 5.69 Å². The zero-order valence-corrected chi connectivity index (χ0v) is 10.4. The lowest BCUT2D eigenvalue weighted by Gasteiger charge is -1.92. The Hall–Kier alpha value is -3.16. The summed E-state index contributed by atoms with van der Waals surface area (Å²) in [6.45, 7) is 0. The highest BCUT2D eigenvalue weighted by Gasteiger charge is 2.04. The van der Waals surface area contributed by atoms with Crippen molar-refractivity contribution in [3.05, 3.63) is 59.2 Å². The van der Waals surface area contributed by atoms with Crippen molar-refractivity contribution >= 4 is 22.8 Å². The van der Waals surface area contributed by atoms with Gasteiger partial charge in [0.15, 0.2) is 0 Å². The number of nitrogen functional groups attached to an aromatic ring is 2. The Kier molecular flexibility index (Phi) is 3.75. The highest BCUT2D eigenvalue weighted by atomic mass is 16.6. The molecule has 3 aromatic heterocycles. The van der Waals surface area contributed by atoms with E-state index in [1.54, 1.807) is 41.2 Å². The molecular formula is C12H12N6O2. The van der Waals surface area contributed by atoms with Crippen LogP contribution in [0.3, 0.4) is 0 Å². The first-order chi connectivity index (χ1) is 9.58. The van der Waals surface area contributed by atoms with Crippen molar-refractivity contribution in [2.45, 2.75) is 0 Å². The summed E-state index contributed by atoms with van der Waals surface area (Å²) in [5.41, 5.74) is 11.9. The zero-order valence-electron chi connectivity index (χ0n) is 10.4. The van der Waals surface area contributed by atoms with Crippen LogP contribution in [-0.4, -0.2) is 19.3 Å². The van der Waals surface area contributed by atoms with Crippen LogP contribution < -0.4 is 11.5 Å². The molecule has 0 amide bonds. The minimum absolute atomic E-state index is 0.0699. The number of fused-ring (bicyclic) bond motifs is 1. The standard InChI is InChI=1S/C7H5N3O2.C5H7N3/c11-10(12)6-1-2-7-8-3-4-9(7)5-6;6-4-2-1-3-8-5(4)7/h1-5H;1-3H,6H2,(H2,7,8). The molecule has 8 heteroatoms. The summed E-state index contributed by atoms with van der Waals surface area (Å²) in [6, 6.07) is 6.49. The summed E-state index contributed by atoms with van der Waals surface area (Å²) in [4.78, 5) is 17.6. The Labute approximate surface area is 113 Å². The number of hydrogen-bond donors (Lipinski definition) is 2. The maximum Gasteiger partial charge on any atom is 0.286 e. The fourth-order valence-corrected chi connectivity index (χ4v) is 1.45. The minimum Gasteiger partial charge on any atom is -0.396 e. The van der Waals surface area contributed by atoms with Crippen LogP contribution in [0.2, 0.25) is 0 Å². The van der Waals surface area contributed by atoms with E-state index >= 15 is 0 Å². The van der Waals surface area contributed by atoms with Crippen molar-refractivity contribution in [3.8, 4) is 0 Å². The van der Waals surface area contributed by atoms with Crippen molar-refractivity contribution in [1.82, 2.24) is 14.4 Å². The van der Waals surface area contributed by atoms with Crippen LogP contribution in [0.25, 0.3) is 5.65 Å². The van der Waals surface area contributed by atoms with Gasteiger partial charge in [0, 0.05) is 24.7 Å². The summed E-state index contributed by atoms with van der Waals surface area (Å²) < 4.78 is 1.61. The average Bonchev–Trinajstić information content (AvgIpc) is 2.90. The fourth-order valence-electron chi connectivity index (χ4n) is 1.45. The molecule has 20 heavy (non-hydrogen) atoms. The number of nitrogens with two attached hydrogens (primary N) is 2. The van der Waals surface area contributed by atoms with E-state index in [9.17, 15) is 10.1 Å². The first kappa shape index (κ1) is 13.3. The number of nitrogens with zero attached hydrogens (tertiary/aromatic N) is 4. The van der Waals surface area contributed by atoms with Gasteiger partial charge in [-0.1, -0.05) is 0 Å². The summed E-state index contributed by atoms with van der Waals surface area (Å²) in [5.74, 6) is 0.396. The number of anilines is 2. The molecular weight excluding hydrogens is 260 g/mol. The van der Waals surface area contributed by atoms with Gasteiger partial charge in [-0.25, -0.2) is 9.97 Å². The van der Waals surface area contributed by atoms with Gasteiger partial charge in [-0.3, -0.25) is 10.1 Å². The number of nitro groups is 1. The predicted molar refractivity (Wildman–Crippen MR) is 74.9 cm³/mol. The molecule has 3 heterocycles. The van der Waals surface area contributed by atoms with Crippen molar-refractivity contribution in [3.63, 3.8) is 0 Å². The first-order valence-corrected chi connectivity index (χ1v) is 5.61. The topological polar surface area (TPSA) is 125 Å². The van der Waals surface area contributed by atoms with E-state index in [0.29, 0.717) is 17.2 Å². The number of aromatic nitrogens is 3. The van der Waals surface area contributed by atoms with Crippen molar-refractivity contribution < 1.29 is 4.92 Å². The molecule has 4 N–H and O–H groups in total. The quantitative estimate of drug-likeness (QED) is 0.510. The Morgan fingerprint density at radius 1 is 1.15 bits per heavy atom. The van der Waals surface area contributed by atoms with Crippen LogP contribution in [0.15, 0.2) is 49.1 Å². The maximum absolute atomic E-state index is 10.3. The molecule has 0 bridgehead atoms. The molecule has 0 aliphatic rings. The summed E-state index contributed by atoms with van der Waals surface area (Å²) in [5, 5.41) is 10.3. The smallest absolute Gasteiger partial charge is 0.286 e. The predicted octanol–water partition coefficient (Wildman–Crippen LogP) is 1.49. The van der Waals surface area contributed by atoms with Gasteiger partial charge in [0.2, 0.25) is 0 Å². The van der Waals surface area contributed by atoms with E-state index in [2.05, 4.69) is 9.97 Å². The highest BCUT2D eigenvalue weighted by molar-refractivity contribution is 5.56. The number of rotatable bonds is 1. The molecule has 0 unspecified atom stereocenters. The minimum atomic E-state index is -0.431. The van der Waals surface area contributed by atoms with Gasteiger partial charge in [0.05, 0.1) is 16.8 Å². The monoisotopic (exact) mass is 272 g/mol. The van der Waals surface area contributed by atoms with E-state index < -0.39 is 4.92 Å². The van der Waals surface area contributed by atoms with Gasteiger partial charge in [-0.15, -0.1) is 0 Å². The highest BCUT2D eigenvalue weighted by Crippen LogP contribution is 2.11. The molecule has 0 atom stereocenters. The summed E-state index contributed by atoms with van der Waals surface area (Å²) >= 11 is 0. The van der Waals surface area contributed by atoms with Gasteiger partial charge in [-0.2, -0.15) is 0 Å². The molecule has 8 nitrogen and oxygen atoms in total. The normalized spacial score (nSPS) is 9.80. The molecule has 0 fully saturated rings. The van der Waals surface area contributed by atoms with Gasteiger partial charge < -0.3 is 15.9 Å². The molecule has 0 saturated carbocycles. The summed E-state index contributed by atoms with van der Waals surface area (Å²) in [7, 11) is 0. The van der Waals surface area contributed by atoms with E-state index in [1.165, 1.54) is 12.3 Å². The zero-order chi connectivity index (χ0) is 14.5. The Morgan fingerprint density at radius 2 is 1.95 bits per heavy atom. The maximum atomic E-state index is 10.3. The molecule has 0 radical (unpaired) electrons. The number of hydrogen-bond acceptors (Lipinski definition) is 6. The molecule has 0 spiro atoms. The van der Waals surface area contributed by atoms with Gasteiger partial charge >= 0.3 is 0 Å². The van der Waals surface area contributed by atoms with Crippen LogP contribution in [0.4, 0.5) is 17.2 Å². The van der Waals surface area contributed by atoms with E-state index in [4.69, 9.17) is 11.5 Å². The lowest BCUT2D eigenvalue weighted by atomic mass is 10.4. The third-order valence-corrected chi connectivity index (χ3v) is 2.46. The molecule has 3 rings (SSSR count). The number of imidazole rings is 1. The third kappa shape index (κ3) is 2.99. The van der Waals surface area contributed by atoms with Crippen LogP contribution >= 0.6 is 0 Å². The largest absolute Gasteiger partial charge is 0.396 e.